The first-order valence-electron chi connectivity index (χ1n) is 8.05. The van der Waals surface area contributed by atoms with E-state index in [4.69, 9.17) is 0 Å². The van der Waals surface area contributed by atoms with E-state index in [1.54, 1.807) is 0 Å². The minimum Gasteiger partial charge on any atom is -0.305 e. The van der Waals surface area contributed by atoms with Gasteiger partial charge in [-0.3, -0.25) is 14.8 Å². The summed E-state index contributed by atoms with van der Waals surface area (Å²) in [5, 5.41) is 23.9. The molecule has 0 spiro atoms. The highest BCUT2D eigenvalue weighted by molar-refractivity contribution is 7.98. The monoisotopic (exact) mass is 372 g/mol. The maximum atomic E-state index is 10.7. The quantitative estimate of drug-likeness (QED) is 0.386. The summed E-state index contributed by atoms with van der Waals surface area (Å²) in [7, 11) is 1.90. The molecule has 0 aliphatic rings. The largest absolute Gasteiger partial charge is 0.307 e. The van der Waals surface area contributed by atoms with Crippen LogP contribution < -0.4 is 0 Å². The lowest BCUT2D eigenvalue weighted by Crippen LogP contribution is -2.10. The van der Waals surface area contributed by atoms with E-state index in [1.807, 2.05) is 11.6 Å². The number of aromatic nitrogens is 5. The van der Waals surface area contributed by atoms with Gasteiger partial charge in [-0.05, 0) is 11.0 Å². The van der Waals surface area contributed by atoms with Gasteiger partial charge in [0.2, 0.25) is 0 Å². The maximum absolute atomic E-state index is 10.7. The van der Waals surface area contributed by atoms with Gasteiger partial charge in [-0.2, -0.15) is 5.10 Å². The van der Waals surface area contributed by atoms with E-state index in [0.29, 0.717) is 5.88 Å². The standard InChI is InChI=1S/C17H20N6O2S/c1-17(2,3)13-7-5-12(6-8-13)15-19-20-16(21(15)4)26-11-22-10-14(9-18-22)23(24)25/h5-10H,11H2,1-4H3. The Kier molecular flexibility index (Phi) is 4.82. The summed E-state index contributed by atoms with van der Waals surface area (Å²) in [4.78, 5) is 10.2. The summed E-state index contributed by atoms with van der Waals surface area (Å²) >= 11 is 1.42. The second kappa shape index (κ2) is 6.91. The van der Waals surface area contributed by atoms with Gasteiger partial charge >= 0.3 is 5.69 Å². The molecule has 8 nitrogen and oxygen atoms in total. The Hall–Kier alpha value is -2.68. The second-order valence-electron chi connectivity index (χ2n) is 6.96. The Morgan fingerprint density at radius 1 is 1.19 bits per heavy atom. The number of nitrogens with zero attached hydrogens (tertiary/aromatic N) is 6. The molecule has 0 bridgehead atoms. The summed E-state index contributed by atoms with van der Waals surface area (Å²) < 4.78 is 3.42. The van der Waals surface area contributed by atoms with Gasteiger partial charge in [0.05, 0.1) is 10.8 Å². The first kappa shape index (κ1) is 18.1. The predicted molar refractivity (Wildman–Crippen MR) is 99.9 cm³/mol. The summed E-state index contributed by atoms with van der Waals surface area (Å²) in [5.74, 6) is 1.20. The molecule has 1 aromatic carbocycles. The van der Waals surface area contributed by atoms with Crippen LogP contribution in [0.1, 0.15) is 26.3 Å². The van der Waals surface area contributed by atoms with E-state index in [-0.39, 0.29) is 11.1 Å². The third-order valence-electron chi connectivity index (χ3n) is 4.00. The van der Waals surface area contributed by atoms with Gasteiger partial charge < -0.3 is 4.57 Å². The molecule has 2 heterocycles. The number of benzene rings is 1. The van der Waals surface area contributed by atoms with E-state index in [2.05, 4.69) is 60.3 Å². The fraction of sp³-hybridized carbons (Fsp3) is 0.353. The van der Waals surface area contributed by atoms with E-state index in [9.17, 15) is 10.1 Å². The Bertz CT molecular complexity index is 924. The fourth-order valence-corrected chi connectivity index (χ4v) is 3.22. The summed E-state index contributed by atoms with van der Waals surface area (Å²) in [6.45, 7) is 6.54. The van der Waals surface area contributed by atoms with E-state index >= 15 is 0 Å². The maximum Gasteiger partial charge on any atom is 0.307 e. The van der Waals surface area contributed by atoms with Gasteiger partial charge in [0.15, 0.2) is 11.0 Å². The first-order valence-corrected chi connectivity index (χ1v) is 9.04. The highest BCUT2D eigenvalue weighted by atomic mass is 32.2. The molecule has 0 aliphatic carbocycles. The molecule has 0 amide bonds. The molecule has 0 atom stereocenters. The number of rotatable bonds is 5. The highest BCUT2D eigenvalue weighted by Gasteiger charge is 2.16. The smallest absolute Gasteiger partial charge is 0.305 e. The number of thioether (sulfide) groups is 1. The third-order valence-corrected chi connectivity index (χ3v) is 5.01. The van der Waals surface area contributed by atoms with Crippen molar-refractivity contribution in [1.29, 1.82) is 0 Å². The number of hydrogen-bond donors (Lipinski definition) is 0. The third kappa shape index (κ3) is 3.77. The molecular formula is C17H20N6O2S. The normalized spacial score (nSPS) is 11.7. The number of nitro groups is 1. The molecule has 2 aromatic heterocycles. The predicted octanol–water partition coefficient (Wildman–Crippen LogP) is 3.63. The molecule has 3 aromatic rings. The van der Waals surface area contributed by atoms with Gasteiger partial charge in [0, 0.05) is 12.6 Å². The van der Waals surface area contributed by atoms with Crippen LogP contribution in [0.4, 0.5) is 5.69 Å². The molecule has 0 N–H and O–H groups in total. The SMILES string of the molecule is Cn1c(SCn2cc([N+](=O)[O-])cn2)nnc1-c1ccc(C(C)(C)C)cc1. The van der Waals surface area contributed by atoms with Crippen molar-refractivity contribution in [3.63, 3.8) is 0 Å². The van der Waals surface area contributed by atoms with Crippen LogP contribution in [0.3, 0.4) is 0 Å². The van der Waals surface area contributed by atoms with Crippen LogP contribution in [0, 0.1) is 10.1 Å². The summed E-state index contributed by atoms with van der Waals surface area (Å²) in [6.07, 6.45) is 2.63. The van der Waals surface area contributed by atoms with Crippen molar-refractivity contribution in [1.82, 2.24) is 24.5 Å². The van der Waals surface area contributed by atoms with Crippen molar-refractivity contribution >= 4 is 17.4 Å². The summed E-state index contributed by atoms with van der Waals surface area (Å²) in [5.41, 5.74) is 2.34. The van der Waals surface area contributed by atoms with Crippen molar-refractivity contribution < 1.29 is 4.92 Å². The van der Waals surface area contributed by atoms with Gasteiger partial charge in [-0.15, -0.1) is 10.2 Å². The Morgan fingerprint density at radius 2 is 1.88 bits per heavy atom. The average Bonchev–Trinajstić information content (AvgIpc) is 3.19. The molecule has 0 unspecified atom stereocenters. The molecular weight excluding hydrogens is 352 g/mol. The molecule has 3 rings (SSSR count). The average molecular weight is 372 g/mol. The van der Waals surface area contributed by atoms with Crippen LogP contribution in [-0.2, 0) is 18.3 Å². The topological polar surface area (TPSA) is 91.7 Å². The minimum absolute atomic E-state index is 0.0248. The van der Waals surface area contributed by atoms with Crippen molar-refractivity contribution in [2.75, 3.05) is 0 Å². The first-order chi connectivity index (χ1) is 12.3. The zero-order valence-electron chi connectivity index (χ0n) is 15.1. The number of hydrogen-bond acceptors (Lipinski definition) is 6. The van der Waals surface area contributed by atoms with E-state index in [0.717, 1.165) is 16.5 Å². The molecule has 26 heavy (non-hydrogen) atoms. The minimum atomic E-state index is -0.462. The zero-order valence-corrected chi connectivity index (χ0v) is 15.9. The van der Waals surface area contributed by atoms with Gasteiger partial charge in [-0.25, -0.2) is 0 Å². The van der Waals surface area contributed by atoms with Crippen LogP contribution in [0.2, 0.25) is 0 Å². The molecule has 136 valence electrons. The lowest BCUT2D eigenvalue weighted by Gasteiger charge is -2.19. The van der Waals surface area contributed by atoms with E-state index < -0.39 is 4.92 Å². The van der Waals surface area contributed by atoms with Gasteiger partial charge in [0.1, 0.15) is 12.4 Å². The lowest BCUT2D eigenvalue weighted by molar-refractivity contribution is -0.385. The van der Waals surface area contributed by atoms with Crippen LogP contribution in [-0.4, -0.2) is 29.5 Å². The highest BCUT2D eigenvalue weighted by Crippen LogP contribution is 2.27. The summed E-state index contributed by atoms with van der Waals surface area (Å²) in [6, 6.07) is 8.32. The molecule has 9 heteroatoms. The second-order valence-corrected chi connectivity index (χ2v) is 7.87. The van der Waals surface area contributed by atoms with Crippen molar-refractivity contribution in [2.24, 2.45) is 7.05 Å². The van der Waals surface area contributed by atoms with Crippen molar-refractivity contribution in [3.8, 4) is 11.4 Å². The molecule has 0 saturated heterocycles. The molecule has 0 fully saturated rings. The molecule has 0 radical (unpaired) electrons. The van der Waals surface area contributed by atoms with Gasteiger partial charge in [0.25, 0.3) is 0 Å². The van der Waals surface area contributed by atoms with Crippen molar-refractivity contribution in [3.05, 3.63) is 52.3 Å². The van der Waals surface area contributed by atoms with Crippen LogP contribution in [0.25, 0.3) is 11.4 Å². The molecule has 0 aliphatic heterocycles. The van der Waals surface area contributed by atoms with Crippen molar-refractivity contribution in [2.45, 2.75) is 37.2 Å². The van der Waals surface area contributed by atoms with Crippen LogP contribution >= 0.6 is 11.8 Å². The van der Waals surface area contributed by atoms with Gasteiger partial charge in [-0.1, -0.05) is 56.8 Å². The Balaban J connectivity index is 1.74. The zero-order chi connectivity index (χ0) is 18.9. The van der Waals surface area contributed by atoms with E-state index in [1.165, 1.54) is 34.4 Å². The molecule has 0 saturated carbocycles. The van der Waals surface area contributed by atoms with Crippen LogP contribution in [0.15, 0.2) is 41.8 Å². The Morgan fingerprint density at radius 3 is 2.46 bits per heavy atom. The Labute approximate surface area is 155 Å². The fourth-order valence-electron chi connectivity index (χ4n) is 2.45. The lowest BCUT2D eigenvalue weighted by atomic mass is 9.87. The van der Waals surface area contributed by atoms with Crippen LogP contribution in [0.5, 0.6) is 0 Å².